The summed E-state index contributed by atoms with van der Waals surface area (Å²) in [6.45, 7) is 2.69. The second-order valence-electron chi connectivity index (χ2n) is 4.95. The topological polar surface area (TPSA) is 66.9 Å². The fourth-order valence-electron chi connectivity index (χ4n) is 2.30. The van der Waals surface area contributed by atoms with Crippen LogP contribution in [0.5, 0.6) is 5.75 Å². The fraction of sp³-hybridized carbons (Fsp3) is 0.267. The van der Waals surface area contributed by atoms with E-state index >= 15 is 0 Å². The third kappa shape index (κ3) is 2.52. The Morgan fingerprint density at radius 1 is 1.14 bits per heavy atom. The Morgan fingerprint density at radius 2 is 1.90 bits per heavy atom. The normalized spacial score (nSPS) is 10.8. The van der Waals surface area contributed by atoms with E-state index in [1.807, 2.05) is 38.2 Å². The SMILES string of the molecule is COc1ccc(CN(C)c2ncnc3c(C)[nH]nc23)cc1. The molecule has 0 aliphatic carbocycles. The van der Waals surface area contributed by atoms with Crippen LogP contribution in [0.4, 0.5) is 5.82 Å². The molecule has 1 N–H and O–H groups in total. The molecule has 2 aromatic heterocycles. The molecule has 0 saturated carbocycles. The molecule has 3 aromatic rings. The number of aromatic amines is 1. The lowest BCUT2D eigenvalue weighted by atomic mass is 10.2. The van der Waals surface area contributed by atoms with Gasteiger partial charge in [0.25, 0.3) is 0 Å². The molecule has 6 heteroatoms. The van der Waals surface area contributed by atoms with Gasteiger partial charge in [0.05, 0.1) is 12.8 Å². The number of hydrogen-bond donors (Lipinski definition) is 1. The van der Waals surface area contributed by atoms with Crippen molar-refractivity contribution in [2.45, 2.75) is 13.5 Å². The first-order valence-corrected chi connectivity index (χ1v) is 6.69. The van der Waals surface area contributed by atoms with E-state index in [0.717, 1.165) is 34.8 Å². The second kappa shape index (κ2) is 5.40. The summed E-state index contributed by atoms with van der Waals surface area (Å²) in [6, 6.07) is 8.00. The number of hydrogen-bond acceptors (Lipinski definition) is 5. The van der Waals surface area contributed by atoms with Crippen LogP contribution >= 0.6 is 0 Å². The van der Waals surface area contributed by atoms with Crippen molar-refractivity contribution in [2.75, 3.05) is 19.1 Å². The standard InChI is InChI=1S/C15H17N5O/c1-10-13-14(19-18-10)15(17-9-16-13)20(2)8-11-4-6-12(21-3)7-5-11/h4-7,9H,8H2,1-3H3,(H,18,19). The predicted octanol–water partition coefficient (Wildman–Crippen LogP) is 2.31. The van der Waals surface area contributed by atoms with E-state index in [-0.39, 0.29) is 0 Å². The van der Waals surface area contributed by atoms with E-state index in [0.29, 0.717) is 0 Å². The minimum Gasteiger partial charge on any atom is -0.497 e. The number of aryl methyl sites for hydroxylation is 1. The molecule has 6 nitrogen and oxygen atoms in total. The zero-order valence-electron chi connectivity index (χ0n) is 12.3. The average molecular weight is 283 g/mol. The van der Waals surface area contributed by atoms with Crippen LogP contribution in [0.3, 0.4) is 0 Å². The number of rotatable bonds is 4. The molecule has 0 saturated heterocycles. The lowest BCUT2D eigenvalue weighted by molar-refractivity contribution is 0.414. The van der Waals surface area contributed by atoms with Crippen LogP contribution in [-0.2, 0) is 6.54 Å². The fourth-order valence-corrected chi connectivity index (χ4v) is 2.30. The minimum absolute atomic E-state index is 0.738. The molecule has 0 atom stereocenters. The van der Waals surface area contributed by atoms with Crippen molar-refractivity contribution in [3.8, 4) is 5.75 Å². The largest absolute Gasteiger partial charge is 0.497 e. The van der Waals surface area contributed by atoms with Crippen LogP contribution in [-0.4, -0.2) is 34.3 Å². The summed E-state index contributed by atoms with van der Waals surface area (Å²) in [5.41, 5.74) is 3.79. The highest BCUT2D eigenvalue weighted by molar-refractivity contribution is 5.86. The van der Waals surface area contributed by atoms with Crippen LogP contribution in [0.1, 0.15) is 11.3 Å². The van der Waals surface area contributed by atoms with Gasteiger partial charge in [0.1, 0.15) is 17.6 Å². The molecule has 0 aliphatic heterocycles. The molecule has 0 radical (unpaired) electrons. The van der Waals surface area contributed by atoms with Crippen molar-refractivity contribution in [1.82, 2.24) is 20.2 Å². The minimum atomic E-state index is 0.738. The van der Waals surface area contributed by atoms with E-state index in [9.17, 15) is 0 Å². The molecular weight excluding hydrogens is 266 g/mol. The van der Waals surface area contributed by atoms with Gasteiger partial charge in [-0.1, -0.05) is 12.1 Å². The molecule has 0 aliphatic rings. The first-order valence-electron chi connectivity index (χ1n) is 6.69. The highest BCUT2D eigenvalue weighted by Crippen LogP contribution is 2.23. The highest BCUT2D eigenvalue weighted by Gasteiger charge is 2.13. The van der Waals surface area contributed by atoms with Gasteiger partial charge in [0.2, 0.25) is 0 Å². The van der Waals surface area contributed by atoms with E-state index in [2.05, 4.69) is 25.1 Å². The number of nitrogens with one attached hydrogen (secondary N) is 1. The first kappa shape index (κ1) is 13.4. The number of ether oxygens (including phenoxy) is 1. The van der Waals surface area contributed by atoms with Gasteiger partial charge in [-0.25, -0.2) is 9.97 Å². The number of methoxy groups -OCH3 is 1. The number of benzene rings is 1. The van der Waals surface area contributed by atoms with Crippen LogP contribution < -0.4 is 9.64 Å². The summed E-state index contributed by atoms with van der Waals surface area (Å²) in [4.78, 5) is 10.7. The van der Waals surface area contributed by atoms with Gasteiger partial charge in [-0.15, -0.1) is 0 Å². The molecule has 2 heterocycles. The van der Waals surface area contributed by atoms with E-state index in [1.54, 1.807) is 13.4 Å². The van der Waals surface area contributed by atoms with Crippen molar-refractivity contribution in [1.29, 1.82) is 0 Å². The molecule has 3 rings (SSSR count). The summed E-state index contributed by atoms with van der Waals surface area (Å²) in [7, 11) is 3.66. The Balaban J connectivity index is 1.87. The Morgan fingerprint density at radius 3 is 2.62 bits per heavy atom. The summed E-state index contributed by atoms with van der Waals surface area (Å²) < 4.78 is 5.17. The number of anilines is 1. The van der Waals surface area contributed by atoms with Crippen molar-refractivity contribution in [2.24, 2.45) is 0 Å². The Kier molecular flexibility index (Phi) is 3.43. The van der Waals surface area contributed by atoms with Crippen LogP contribution in [0.15, 0.2) is 30.6 Å². The molecule has 108 valence electrons. The lowest BCUT2D eigenvalue weighted by Crippen LogP contribution is -2.18. The predicted molar refractivity (Wildman–Crippen MR) is 81.5 cm³/mol. The zero-order valence-corrected chi connectivity index (χ0v) is 12.3. The van der Waals surface area contributed by atoms with Gasteiger partial charge in [-0.2, -0.15) is 5.10 Å². The average Bonchev–Trinajstić information content (AvgIpc) is 2.89. The summed E-state index contributed by atoms with van der Waals surface area (Å²) in [5, 5.41) is 7.25. The number of H-pyrrole nitrogens is 1. The maximum Gasteiger partial charge on any atom is 0.160 e. The lowest BCUT2D eigenvalue weighted by Gasteiger charge is -2.18. The van der Waals surface area contributed by atoms with Gasteiger partial charge in [-0.3, -0.25) is 5.10 Å². The Labute approximate surface area is 122 Å². The Hall–Kier alpha value is -2.63. The van der Waals surface area contributed by atoms with Gasteiger partial charge in [-0.05, 0) is 24.6 Å². The third-order valence-electron chi connectivity index (χ3n) is 3.43. The van der Waals surface area contributed by atoms with Crippen molar-refractivity contribution in [3.63, 3.8) is 0 Å². The van der Waals surface area contributed by atoms with E-state index in [1.165, 1.54) is 5.56 Å². The smallest absolute Gasteiger partial charge is 0.160 e. The summed E-state index contributed by atoms with van der Waals surface area (Å²) >= 11 is 0. The zero-order chi connectivity index (χ0) is 14.8. The highest BCUT2D eigenvalue weighted by atomic mass is 16.5. The second-order valence-corrected chi connectivity index (χ2v) is 4.95. The molecule has 1 aromatic carbocycles. The quantitative estimate of drug-likeness (QED) is 0.796. The monoisotopic (exact) mass is 283 g/mol. The van der Waals surface area contributed by atoms with Gasteiger partial charge in [0, 0.05) is 13.6 Å². The van der Waals surface area contributed by atoms with Gasteiger partial charge >= 0.3 is 0 Å². The first-order chi connectivity index (χ1) is 10.2. The molecular formula is C15H17N5O. The maximum atomic E-state index is 5.17. The third-order valence-corrected chi connectivity index (χ3v) is 3.43. The number of aromatic nitrogens is 4. The van der Waals surface area contributed by atoms with E-state index < -0.39 is 0 Å². The molecule has 0 bridgehead atoms. The summed E-state index contributed by atoms with van der Waals surface area (Å²) in [5.74, 6) is 1.67. The summed E-state index contributed by atoms with van der Waals surface area (Å²) in [6.07, 6.45) is 1.57. The van der Waals surface area contributed by atoms with Crippen LogP contribution in [0.25, 0.3) is 11.0 Å². The number of nitrogens with zero attached hydrogens (tertiary/aromatic N) is 4. The van der Waals surface area contributed by atoms with Crippen molar-refractivity contribution < 1.29 is 4.74 Å². The van der Waals surface area contributed by atoms with Crippen LogP contribution in [0, 0.1) is 6.92 Å². The number of fused-ring (bicyclic) bond motifs is 1. The Bertz CT molecular complexity index is 750. The van der Waals surface area contributed by atoms with Crippen molar-refractivity contribution >= 4 is 16.9 Å². The van der Waals surface area contributed by atoms with Crippen LogP contribution in [0.2, 0.25) is 0 Å². The van der Waals surface area contributed by atoms with E-state index in [4.69, 9.17) is 4.74 Å². The van der Waals surface area contributed by atoms with Crippen molar-refractivity contribution in [3.05, 3.63) is 41.9 Å². The van der Waals surface area contributed by atoms with Gasteiger partial charge in [0.15, 0.2) is 11.3 Å². The molecule has 0 amide bonds. The molecule has 0 fully saturated rings. The molecule has 0 unspecified atom stereocenters. The molecule has 21 heavy (non-hydrogen) atoms. The van der Waals surface area contributed by atoms with Gasteiger partial charge < -0.3 is 9.64 Å². The maximum absolute atomic E-state index is 5.17. The molecule has 0 spiro atoms.